The molecule has 1 heterocycles. The Morgan fingerprint density at radius 2 is 2.36 bits per heavy atom. The van der Waals surface area contributed by atoms with Crippen LogP contribution in [0.4, 0.5) is 5.95 Å². The smallest absolute Gasteiger partial charge is 0.245 e. The first-order chi connectivity index (χ1) is 6.65. The molecule has 1 rings (SSSR count). The van der Waals surface area contributed by atoms with Crippen molar-refractivity contribution in [3.8, 4) is 0 Å². The lowest BCUT2D eigenvalue weighted by Gasteiger charge is -2.20. The van der Waals surface area contributed by atoms with Crippen molar-refractivity contribution in [3.63, 3.8) is 0 Å². The molecule has 80 valence electrons. The van der Waals surface area contributed by atoms with E-state index in [9.17, 15) is 0 Å². The third-order valence-electron chi connectivity index (χ3n) is 1.83. The zero-order valence-electron chi connectivity index (χ0n) is 8.71. The lowest BCUT2D eigenvalue weighted by atomic mass is 10.3. The molecule has 0 amide bonds. The number of aromatic nitrogens is 4. The zero-order valence-corrected chi connectivity index (χ0v) is 8.71. The van der Waals surface area contributed by atoms with Crippen LogP contribution in [0.15, 0.2) is 0 Å². The normalized spacial score (nSPS) is 12.9. The molecule has 0 aliphatic rings. The fraction of sp³-hybridized carbons (Fsp3) is 0.857. The second-order valence-electron chi connectivity index (χ2n) is 3.20. The molecular formula is C7H16N6O. The minimum absolute atomic E-state index is 0.0401. The van der Waals surface area contributed by atoms with E-state index >= 15 is 0 Å². The zero-order chi connectivity index (χ0) is 10.6. The summed E-state index contributed by atoms with van der Waals surface area (Å²) in [7, 11) is 5.30. The number of methoxy groups -OCH3 is 1. The number of likely N-dealkylation sites (N-methyl/N-ethyl adjacent to an activating group) is 1. The third-order valence-corrected chi connectivity index (χ3v) is 1.83. The van der Waals surface area contributed by atoms with Crippen LogP contribution in [0, 0.1) is 0 Å². The molecule has 14 heavy (non-hydrogen) atoms. The molecule has 0 saturated carbocycles. The standard InChI is InChI=1S/C7H16N6O/c1-12(4-6(8)5-14-3)7-9-10-11-13(7)2/h6H,4-5,8H2,1-3H3. The minimum atomic E-state index is -0.0401. The van der Waals surface area contributed by atoms with Gasteiger partial charge in [0.25, 0.3) is 0 Å². The largest absolute Gasteiger partial charge is 0.383 e. The van der Waals surface area contributed by atoms with Gasteiger partial charge in [0.2, 0.25) is 5.95 Å². The van der Waals surface area contributed by atoms with Gasteiger partial charge in [-0.25, -0.2) is 4.68 Å². The maximum Gasteiger partial charge on any atom is 0.245 e. The molecule has 1 unspecified atom stereocenters. The molecule has 2 N–H and O–H groups in total. The highest BCUT2D eigenvalue weighted by Gasteiger charge is 2.11. The first kappa shape index (κ1) is 10.9. The van der Waals surface area contributed by atoms with Crippen LogP contribution in [0.25, 0.3) is 0 Å². The van der Waals surface area contributed by atoms with Crippen LogP contribution in [-0.4, -0.2) is 53.6 Å². The Balaban J connectivity index is 2.50. The quantitative estimate of drug-likeness (QED) is 0.631. The van der Waals surface area contributed by atoms with E-state index in [1.165, 1.54) is 0 Å². The van der Waals surface area contributed by atoms with E-state index in [1.54, 1.807) is 18.8 Å². The van der Waals surface area contributed by atoms with E-state index < -0.39 is 0 Å². The maximum absolute atomic E-state index is 5.80. The van der Waals surface area contributed by atoms with E-state index in [4.69, 9.17) is 10.5 Å². The third kappa shape index (κ3) is 2.64. The van der Waals surface area contributed by atoms with Gasteiger partial charge in [-0.15, -0.1) is 0 Å². The van der Waals surface area contributed by atoms with E-state index in [-0.39, 0.29) is 6.04 Å². The van der Waals surface area contributed by atoms with Crippen molar-refractivity contribution < 1.29 is 4.74 Å². The van der Waals surface area contributed by atoms with Gasteiger partial charge in [-0.2, -0.15) is 0 Å². The Labute approximate surface area is 82.8 Å². The second kappa shape index (κ2) is 4.87. The number of tetrazole rings is 1. The summed E-state index contributed by atoms with van der Waals surface area (Å²) in [6, 6.07) is -0.0401. The van der Waals surface area contributed by atoms with Crippen LogP contribution < -0.4 is 10.6 Å². The Kier molecular flexibility index (Phi) is 3.78. The molecule has 0 fully saturated rings. The Morgan fingerprint density at radius 3 is 2.86 bits per heavy atom. The predicted molar refractivity (Wildman–Crippen MR) is 51.9 cm³/mol. The molecule has 0 aliphatic carbocycles. The van der Waals surface area contributed by atoms with Crippen molar-refractivity contribution in [2.24, 2.45) is 12.8 Å². The van der Waals surface area contributed by atoms with Gasteiger partial charge in [0.1, 0.15) is 0 Å². The van der Waals surface area contributed by atoms with Gasteiger partial charge in [-0.05, 0) is 10.4 Å². The van der Waals surface area contributed by atoms with Crippen LogP contribution in [-0.2, 0) is 11.8 Å². The predicted octanol–water partition coefficient (Wildman–Crippen LogP) is -1.38. The lowest BCUT2D eigenvalue weighted by Crippen LogP contribution is -2.39. The molecule has 0 aliphatic heterocycles. The summed E-state index contributed by atoms with van der Waals surface area (Å²) in [5.41, 5.74) is 5.80. The van der Waals surface area contributed by atoms with Crippen molar-refractivity contribution in [1.29, 1.82) is 0 Å². The van der Waals surface area contributed by atoms with Gasteiger partial charge < -0.3 is 15.4 Å². The molecule has 7 nitrogen and oxygen atoms in total. The van der Waals surface area contributed by atoms with E-state index in [0.717, 1.165) is 0 Å². The van der Waals surface area contributed by atoms with E-state index in [0.29, 0.717) is 19.1 Å². The van der Waals surface area contributed by atoms with Crippen LogP contribution in [0.1, 0.15) is 0 Å². The molecule has 1 aromatic heterocycles. The Hall–Kier alpha value is -1.21. The highest BCUT2D eigenvalue weighted by Crippen LogP contribution is 2.03. The Morgan fingerprint density at radius 1 is 1.64 bits per heavy atom. The first-order valence-corrected chi connectivity index (χ1v) is 4.33. The van der Waals surface area contributed by atoms with Crippen molar-refractivity contribution >= 4 is 5.95 Å². The molecule has 0 saturated heterocycles. The molecule has 1 atom stereocenters. The number of anilines is 1. The van der Waals surface area contributed by atoms with Crippen molar-refractivity contribution in [2.75, 3.05) is 32.2 Å². The molecule has 0 radical (unpaired) electrons. The molecular weight excluding hydrogens is 184 g/mol. The summed E-state index contributed by atoms with van der Waals surface area (Å²) in [5, 5.41) is 11.1. The number of hydrogen-bond donors (Lipinski definition) is 1. The van der Waals surface area contributed by atoms with Gasteiger partial charge in [0.15, 0.2) is 0 Å². The van der Waals surface area contributed by atoms with E-state index in [2.05, 4.69) is 15.5 Å². The van der Waals surface area contributed by atoms with Gasteiger partial charge in [-0.1, -0.05) is 5.10 Å². The molecule has 0 bridgehead atoms. The van der Waals surface area contributed by atoms with Gasteiger partial charge in [0.05, 0.1) is 6.61 Å². The summed E-state index contributed by atoms with van der Waals surface area (Å²) in [5.74, 6) is 0.691. The highest BCUT2D eigenvalue weighted by molar-refractivity contribution is 5.25. The van der Waals surface area contributed by atoms with Crippen LogP contribution in [0.5, 0.6) is 0 Å². The van der Waals surface area contributed by atoms with Gasteiger partial charge in [-0.3, -0.25) is 0 Å². The monoisotopic (exact) mass is 200 g/mol. The fourth-order valence-electron chi connectivity index (χ4n) is 1.25. The summed E-state index contributed by atoms with van der Waals surface area (Å²) in [6.45, 7) is 1.18. The SMILES string of the molecule is COCC(N)CN(C)c1nnnn1C. The summed E-state index contributed by atoms with van der Waals surface area (Å²) < 4.78 is 6.54. The number of aryl methyl sites for hydroxylation is 1. The second-order valence-corrected chi connectivity index (χ2v) is 3.20. The summed E-state index contributed by atoms with van der Waals surface area (Å²) >= 11 is 0. The van der Waals surface area contributed by atoms with Gasteiger partial charge in [0, 0.05) is 33.8 Å². The molecule has 7 heteroatoms. The summed E-state index contributed by atoms with van der Waals surface area (Å²) in [6.07, 6.45) is 0. The number of rotatable bonds is 5. The van der Waals surface area contributed by atoms with Crippen molar-refractivity contribution in [2.45, 2.75) is 6.04 Å². The average Bonchev–Trinajstić information content (AvgIpc) is 2.51. The van der Waals surface area contributed by atoms with E-state index in [1.807, 2.05) is 11.9 Å². The minimum Gasteiger partial charge on any atom is -0.383 e. The number of hydrogen-bond acceptors (Lipinski definition) is 6. The number of ether oxygens (including phenoxy) is 1. The molecule has 1 aromatic rings. The first-order valence-electron chi connectivity index (χ1n) is 4.33. The Bertz CT molecular complexity index is 275. The maximum atomic E-state index is 5.80. The van der Waals surface area contributed by atoms with Crippen molar-refractivity contribution in [3.05, 3.63) is 0 Å². The summed E-state index contributed by atoms with van der Waals surface area (Å²) in [4.78, 5) is 1.89. The van der Waals surface area contributed by atoms with Crippen LogP contribution in [0.3, 0.4) is 0 Å². The van der Waals surface area contributed by atoms with Crippen molar-refractivity contribution in [1.82, 2.24) is 20.2 Å². The number of nitrogens with zero attached hydrogens (tertiary/aromatic N) is 5. The molecule has 0 spiro atoms. The highest BCUT2D eigenvalue weighted by atomic mass is 16.5. The topological polar surface area (TPSA) is 82.1 Å². The molecule has 0 aromatic carbocycles. The average molecular weight is 200 g/mol. The van der Waals surface area contributed by atoms with Crippen LogP contribution >= 0.6 is 0 Å². The van der Waals surface area contributed by atoms with Crippen LogP contribution in [0.2, 0.25) is 0 Å². The number of nitrogens with two attached hydrogens (primary N) is 1. The fourth-order valence-corrected chi connectivity index (χ4v) is 1.25. The lowest BCUT2D eigenvalue weighted by molar-refractivity contribution is 0.181. The van der Waals surface area contributed by atoms with Gasteiger partial charge >= 0.3 is 0 Å².